The largest absolute Gasteiger partial charge is 0.459 e. The Morgan fingerprint density at radius 2 is 1.94 bits per heavy atom. The monoisotopic (exact) mass is 465 g/mol. The summed E-state index contributed by atoms with van der Waals surface area (Å²) in [7, 11) is 0. The molecule has 0 radical (unpaired) electrons. The van der Waals surface area contributed by atoms with Crippen molar-refractivity contribution in [3.05, 3.63) is 89.9 Å². The number of aryl methyl sites for hydroxylation is 1. The topological polar surface area (TPSA) is 102 Å². The molecule has 168 valence electrons. The minimum atomic E-state index is -0.506. The number of nitrogens with zero attached hydrogens (tertiary/aromatic N) is 3. The second-order valence-corrected chi connectivity index (χ2v) is 7.99. The van der Waals surface area contributed by atoms with Crippen molar-refractivity contribution in [3.63, 3.8) is 0 Å². The second-order valence-electron chi connectivity index (χ2n) is 7.05. The molecule has 0 atom stereocenters. The van der Waals surface area contributed by atoms with Gasteiger partial charge in [0.05, 0.1) is 24.2 Å². The number of thioether (sulfide) groups is 1. The molecule has 0 fully saturated rings. The summed E-state index contributed by atoms with van der Waals surface area (Å²) >= 11 is 1.16. The van der Waals surface area contributed by atoms with E-state index in [1.165, 1.54) is 18.4 Å². The Morgan fingerprint density at radius 3 is 2.70 bits per heavy atom. The van der Waals surface area contributed by atoms with Crippen LogP contribution in [0.4, 0.5) is 10.1 Å². The number of carbonyl (C=O) groups excluding carboxylic acids is 2. The minimum Gasteiger partial charge on any atom is -0.459 e. The van der Waals surface area contributed by atoms with Gasteiger partial charge in [-0.1, -0.05) is 36.0 Å². The highest BCUT2D eigenvalue weighted by molar-refractivity contribution is 7.99. The van der Waals surface area contributed by atoms with E-state index < -0.39 is 5.82 Å². The summed E-state index contributed by atoms with van der Waals surface area (Å²) < 4.78 is 20.7. The predicted molar refractivity (Wildman–Crippen MR) is 122 cm³/mol. The van der Waals surface area contributed by atoms with E-state index in [0.717, 1.165) is 23.0 Å². The molecule has 4 aromatic rings. The molecule has 8 nitrogen and oxygen atoms in total. The molecule has 4 rings (SSSR count). The summed E-state index contributed by atoms with van der Waals surface area (Å²) in [5.74, 6) is -0.590. The Kier molecular flexibility index (Phi) is 6.84. The zero-order valence-corrected chi connectivity index (χ0v) is 18.4. The number of rotatable bonds is 8. The van der Waals surface area contributed by atoms with Gasteiger partial charge in [-0.05, 0) is 48.9 Å². The van der Waals surface area contributed by atoms with Crippen LogP contribution in [0.1, 0.15) is 21.9 Å². The van der Waals surface area contributed by atoms with Crippen molar-refractivity contribution < 1.29 is 18.4 Å². The van der Waals surface area contributed by atoms with Crippen molar-refractivity contribution in [1.82, 2.24) is 20.1 Å². The van der Waals surface area contributed by atoms with Crippen molar-refractivity contribution in [2.75, 3.05) is 11.1 Å². The molecule has 0 spiro atoms. The molecular formula is C23H20FN5O3S. The molecule has 33 heavy (non-hydrogen) atoms. The normalized spacial score (nSPS) is 10.7. The first kappa shape index (κ1) is 22.3. The molecule has 0 unspecified atom stereocenters. The fourth-order valence-corrected chi connectivity index (χ4v) is 3.84. The standard InChI is InChI=1S/C23H20FN5O3S/c1-15-6-4-7-16(12-15)29-20(13-25-22(31)19-10-5-11-32-19)27-28-23(29)33-14-21(30)26-18-9-3-2-8-17(18)24/h2-12H,13-14H2,1H3,(H,25,31)(H,26,30). The Labute approximate surface area is 193 Å². The van der Waals surface area contributed by atoms with Gasteiger partial charge < -0.3 is 15.1 Å². The van der Waals surface area contributed by atoms with E-state index in [4.69, 9.17) is 4.42 Å². The summed E-state index contributed by atoms with van der Waals surface area (Å²) in [5.41, 5.74) is 1.93. The third kappa shape index (κ3) is 5.47. The van der Waals surface area contributed by atoms with Gasteiger partial charge in [0.25, 0.3) is 5.91 Å². The number of furan rings is 1. The van der Waals surface area contributed by atoms with Gasteiger partial charge in [0.1, 0.15) is 5.82 Å². The fraction of sp³-hybridized carbons (Fsp3) is 0.130. The maximum Gasteiger partial charge on any atom is 0.287 e. The third-order valence-electron chi connectivity index (χ3n) is 4.59. The molecule has 2 heterocycles. The molecule has 0 aliphatic rings. The third-order valence-corrected chi connectivity index (χ3v) is 5.52. The van der Waals surface area contributed by atoms with Gasteiger partial charge in [0.15, 0.2) is 16.7 Å². The average Bonchev–Trinajstić information content (AvgIpc) is 3.48. The van der Waals surface area contributed by atoms with E-state index in [2.05, 4.69) is 20.8 Å². The van der Waals surface area contributed by atoms with Crippen LogP contribution in [0.25, 0.3) is 5.69 Å². The molecule has 0 saturated heterocycles. The number of amides is 2. The fourth-order valence-electron chi connectivity index (χ4n) is 3.07. The zero-order chi connectivity index (χ0) is 23.2. The first-order valence-corrected chi connectivity index (χ1v) is 11.0. The molecule has 2 aromatic carbocycles. The highest BCUT2D eigenvalue weighted by Crippen LogP contribution is 2.23. The second kappa shape index (κ2) is 10.1. The van der Waals surface area contributed by atoms with E-state index in [9.17, 15) is 14.0 Å². The van der Waals surface area contributed by atoms with Gasteiger partial charge in [-0.2, -0.15) is 0 Å². The van der Waals surface area contributed by atoms with Gasteiger partial charge in [0, 0.05) is 5.69 Å². The summed E-state index contributed by atoms with van der Waals surface area (Å²) in [4.78, 5) is 24.6. The van der Waals surface area contributed by atoms with Crippen molar-refractivity contribution in [3.8, 4) is 5.69 Å². The molecule has 2 aromatic heterocycles. The number of aromatic nitrogens is 3. The summed E-state index contributed by atoms with van der Waals surface area (Å²) in [5, 5.41) is 14.2. The average molecular weight is 466 g/mol. The number of halogens is 1. The summed E-state index contributed by atoms with van der Waals surface area (Å²) in [6.45, 7) is 2.06. The molecule has 2 amide bonds. The van der Waals surface area contributed by atoms with Gasteiger partial charge in [0.2, 0.25) is 5.91 Å². The molecule has 0 aliphatic heterocycles. The number of hydrogen-bond donors (Lipinski definition) is 2. The van der Waals surface area contributed by atoms with E-state index in [1.807, 2.05) is 31.2 Å². The maximum atomic E-state index is 13.8. The number of benzene rings is 2. The van der Waals surface area contributed by atoms with E-state index in [1.54, 1.807) is 28.8 Å². The van der Waals surface area contributed by atoms with E-state index in [-0.39, 0.29) is 35.6 Å². The Morgan fingerprint density at radius 1 is 1.09 bits per heavy atom. The maximum absolute atomic E-state index is 13.8. The van der Waals surface area contributed by atoms with Crippen LogP contribution in [0, 0.1) is 12.7 Å². The van der Waals surface area contributed by atoms with Crippen LogP contribution in [0.3, 0.4) is 0 Å². The quantitative estimate of drug-likeness (QED) is 0.382. The smallest absolute Gasteiger partial charge is 0.287 e. The van der Waals surface area contributed by atoms with Crippen LogP contribution in [-0.2, 0) is 11.3 Å². The molecule has 0 aliphatic carbocycles. The van der Waals surface area contributed by atoms with Crippen LogP contribution >= 0.6 is 11.8 Å². The van der Waals surface area contributed by atoms with E-state index in [0.29, 0.717) is 11.0 Å². The zero-order valence-electron chi connectivity index (χ0n) is 17.6. The van der Waals surface area contributed by atoms with Gasteiger partial charge in [-0.3, -0.25) is 14.2 Å². The van der Waals surface area contributed by atoms with Gasteiger partial charge in [-0.25, -0.2) is 4.39 Å². The number of nitrogens with one attached hydrogen (secondary N) is 2. The van der Waals surface area contributed by atoms with Crippen molar-refractivity contribution >= 4 is 29.3 Å². The van der Waals surface area contributed by atoms with Gasteiger partial charge >= 0.3 is 0 Å². The minimum absolute atomic E-state index is 0.00294. The molecule has 2 N–H and O–H groups in total. The highest BCUT2D eigenvalue weighted by atomic mass is 32.2. The number of hydrogen-bond acceptors (Lipinski definition) is 6. The lowest BCUT2D eigenvalue weighted by Gasteiger charge is -2.11. The summed E-state index contributed by atoms with van der Waals surface area (Å²) in [6.07, 6.45) is 1.42. The Hall–Kier alpha value is -3.92. The van der Waals surface area contributed by atoms with Crippen LogP contribution in [0.5, 0.6) is 0 Å². The number of para-hydroxylation sites is 1. The summed E-state index contributed by atoms with van der Waals surface area (Å²) in [6, 6.07) is 16.9. The molecule has 0 bridgehead atoms. The SMILES string of the molecule is Cc1cccc(-n2c(CNC(=O)c3ccco3)nnc2SCC(=O)Nc2ccccc2F)c1. The number of anilines is 1. The first-order valence-electron chi connectivity index (χ1n) is 10.0. The first-order chi connectivity index (χ1) is 16.0. The highest BCUT2D eigenvalue weighted by Gasteiger charge is 2.18. The predicted octanol–water partition coefficient (Wildman–Crippen LogP) is 3.97. The molecule has 0 saturated carbocycles. The Balaban J connectivity index is 1.51. The molecular weight excluding hydrogens is 445 g/mol. The van der Waals surface area contributed by atoms with Crippen molar-refractivity contribution in [2.45, 2.75) is 18.6 Å². The molecule has 10 heteroatoms. The van der Waals surface area contributed by atoms with Crippen molar-refractivity contribution in [1.29, 1.82) is 0 Å². The van der Waals surface area contributed by atoms with Crippen LogP contribution in [0.2, 0.25) is 0 Å². The Bertz CT molecular complexity index is 1270. The lowest BCUT2D eigenvalue weighted by molar-refractivity contribution is -0.113. The van der Waals surface area contributed by atoms with Crippen LogP contribution in [-0.4, -0.2) is 32.3 Å². The van der Waals surface area contributed by atoms with Gasteiger partial charge in [-0.15, -0.1) is 10.2 Å². The lowest BCUT2D eigenvalue weighted by Crippen LogP contribution is -2.24. The van der Waals surface area contributed by atoms with Crippen molar-refractivity contribution in [2.24, 2.45) is 0 Å². The van der Waals surface area contributed by atoms with Crippen LogP contribution in [0.15, 0.2) is 76.5 Å². The lowest BCUT2D eigenvalue weighted by atomic mass is 10.2. The van der Waals surface area contributed by atoms with Crippen LogP contribution < -0.4 is 10.6 Å². The van der Waals surface area contributed by atoms with E-state index >= 15 is 0 Å². The number of carbonyl (C=O) groups is 2.